The number of esters is 1. The fraction of sp³-hybridized carbons (Fsp3) is 0.375. The molecule has 1 N–H and O–H groups in total. The maximum Gasteiger partial charge on any atom is 0.339 e. The molecule has 168 valence electrons. The summed E-state index contributed by atoms with van der Waals surface area (Å²) in [6, 6.07) is 6.86. The minimum absolute atomic E-state index is 0.230. The van der Waals surface area contributed by atoms with Crippen molar-refractivity contribution in [3.8, 4) is 17.6 Å². The van der Waals surface area contributed by atoms with Gasteiger partial charge in [-0.25, -0.2) is 4.79 Å². The fourth-order valence-corrected chi connectivity index (χ4v) is 4.75. The van der Waals surface area contributed by atoms with E-state index in [1.807, 2.05) is 0 Å². The number of amides is 1. The number of hydrogen-bond acceptors (Lipinski definition) is 7. The lowest BCUT2D eigenvalue weighted by Crippen LogP contribution is -2.30. The van der Waals surface area contributed by atoms with Crippen LogP contribution < -0.4 is 14.8 Å². The Morgan fingerprint density at radius 3 is 2.78 bits per heavy atom. The first-order chi connectivity index (χ1) is 15.5. The van der Waals surface area contributed by atoms with E-state index in [1.54, 1.807) is 12.1 Å². The highest BCUT2D eigenvalue weighted by Gasteiger charge is 2.25. The van der Waals surface area contributed by atoms with Crippen LogP contribution in [0.1, 0.15) is 52.5 Å². The Morgan fingerprint density at radius 1 is 1.28 bits per heavy atom. The van der Waals surface area contributed by atoms with Crippen molar-refractivity contribution in [1.82, 2.24) is 0 Å². The van der Waals surface area contributed by atoms with Gasteiger partial charge in [0.15, 0.2) is 17.6 Å². The zero-order chi connectivity index (χ0) is 23.1. The van der Waals surface area contributed by atoms with E-state index in [0.29, 0.717) is 28.7 Å². The highest BCUT2D eigenvalue weighted by molar-refractivity contribution is 7.16. The molecule has 0 saturated heterocycles. The van der Waals surface area contributed by atoms with Crippen molar-refractivity contribution in [2.45, 2.75) is 45.1 Å². The summed E-state index contributed by atoms with van der Waals surface area (Å²) in [5.74, 6) is -0.304. The molecule has 3 rings (SSSR count). The highest BCUT2D eigenvalue weighted by atomic mass is 32.1. The lowest BCUT2D eigenvalue weighted by molar-refractivity contribution is -0.123. The van der Waals surface area contributed by atoms with Crippen LogP contribution in [0, 0.1) is 11.3 Å². The van der Waals surface area contributed by atoms with Gasteiger partial charge in [-0.15, -0.1) is 11.3 Å². The number of anilines is 1. The van der Waals surface area contributed by atoms with E-state index in [2.05, 4.69) is 18.0 Å². The third kappa shape index (κ3) is 5.29. The van der Waals surface area contributed by atoms with Crippen LogP contribution in [0.5, 0.6) is 11.5 Å². The third-order valence-corrected chi connectivity index (χ3v) is 6.39. The summed E-state index contributed by atoms with van der Waals surface area (Å²) in [6.07, 6.45) is 5.60. The molecule has 1 unspecified atom stereocenters. The fourth-order valence-electron chi connectivity index (χ4n) is 3.51. The van der Waals surface area contributed by atoms with Crippen LogP contribution in [0.2, 0.25) is 0 Å². The van der Waals surface area contributed by atoms with E-state index in [4.69, 9.17) is 14.2 Å². The molecule has 1 aromatic heterocycles. The quantitative estimate of drug-likeness (QED) is 0.354. The van der Waals surface area contributed by atoms with Gasteiger partial charge >= 0.3 is 5.97 Å². The number of methoxy groups -OCH3 is 1. The first-order valence-electron chi connectivity index (χ1n) is 10.5. The molecule has 7 nitrogen and oxygen atoms in total. The standard InChI is InChI=1S/C24H26N2O5S/c1-4-12-30-19-11-10-16(13-20(19)29-3)24(28)31-15(2)22(27)26-23-18(14-25)17-8-6-5-7-9-21(17)32-23/h4,10-11,13,15H,1,5-9,12H2,2-3H3,(H,26,27). The maximum atomic E-state index is 12.7. The molecule has 1 aliphatic carbocycles. The van der Waals surface area contributed by atoms with Gasteiger partial charge in [-0.2, -0.15) is 5.26 Å². The molecular formula is C24H26N2O5S. The zero-order valence-electron chi connectivity index (χ0n) is 18.2. The minimum Gasteiger partial charge on any atom is -0.493 e. The second-order valence-corrected chi connectivity index (χ2v) is 8.49. The molecule has 1 amide bonds. The smallest absolute Gasteiger partial charge is 0.339 e. The van der Waals surface area contributed by atoms with Crippen LogP contribution >= 0.6 is 11.3 Å². The summed E-state index contributed by atoms with van der Waals surface area (Å²) in [6.45, 7) is 5.39. The summed E-state index contributed by atoms with van der Waals surface area (Å²) in [5.41, 5.74) is 1.80. The molecule has 0 bridgehead atoms. The van der Waals surface area contributed by atoms with Crippen molar-refractivity contribution < 1.29 is 23.8 Å². The molecule has 0 saturated carbocycles. The number of carbonyl (C=O) groups excluding carboxylic acids is 2. The van der Waals surface area contributed by atoms with Gasteiger partial charge in [-0.1, -0.05) is 19.1 Å². The average molecular weight is 455 g/mol. The predicted octanol–water partition coefficient (Wildman–Crippen LogP) is 4.65. The van der Waals surface area contributed by atoms with Crippen LogP contribution in [0.4, 0.5) is 5.00 Å². The van der Waals surface area contributed by atoms with E-state index in [1.165, 1.54) is 37.5 Å². The van der Waals surface area contributed by atoms with Gasteiger partial charge in [0.05, 0.1) is 18.2 Å². The molecule has 0 aliphatic heterocycles. The lowest BCUT2D eigenvalue weighted by Gasteiger charge is -2.14. The molecule has 1 atom stereocenters. The summed E-state index contributed by atoms with van der Waals surface area (Å²) in [4.78, 5) is 26.4. The van der Waals surface area contributed by atoms with Crippen molar-refractivity contribution in [2.24, 2.45) is 0 Å². The molecule has 0 radical (unpaired) electrons. The third-order valence-electron chi connectivity index (χ3n) is 5.18. The summed E-state index contributed by atoms with van der Waals surface area (Å²) >= 11 is 1.44. The van der Waals surface area contributed by atoms with Gasteiger partial charge in [0.25, 0.3) is 5.91 Å². The second-order valence-electron chi connectivity index (χ2n) is 7.38. The van der Waals surface area contributed by atoms with Crippen LogP contribution in [0.25, 0.3) is 0 Å². The Labute approximate surface area is 191 Å². The topological polar surface area (TPSA) is 97.6 Å². The average Bonchev–Trinajstić information content (AvgIpc) is 2.95. The number of aryl methyl sites for hydroxylation is 1. The van der Waals surface area contributed by atoms with E-state index in [-0.39, 0.29) is 5.56 Å². The number of hydrogen-bond donors (Lipinski definition) is 1. The van der Waals surface area contributed by atoms with Gasteiger partial charge in [0, 0.05) is 4.88 Å². The molecule has 0 spiro atoms. The molecule has 32 heavy (non-hydrogen) atoms. The van der Waals surface area contributed by atoms with Crippen LogP contribution in [0.3, 0.4) is 0 Å². The van der Waals surface area contributed by atoms with E-state index < -0.39 is 18.0 Å². The Bertz CT molecular complexity index is 1050. The Morgan fingerprint density at radius 2 is 2.06 bits per heavy atom. The molecule has 1 heterocycles. The summed E-state index contributed by atoms with van der Waals surface area (Å²) < 4.78 is 16.1. The van der Waals surface area contributed by atoms with Gasteiger partial charge in [-0.3, -0.25) is 4.79 Å². The Kier molecular flexibility index (Phi) is 7.90. The first kappa shape index (κ1) is 23.4. The molecule has 0 fully saturated rings. The highest BCUT2D eigenvalue weighted by Crippen LogP contribution is 2.37. The number of ether oxygens (including phenoxy) is 3. The van der Waals surface area contributed by atoms with Crippen molar-refractivity contribution in [3.63, 3.8) is 0 Å². The van der Waals surface area contributed by atoms with Gasteiger partial charge in [-0.05, 0) is 56.4 Å². The number of fused-ring (bicyclic) bond motifs is 1. The van der Waals surface area contributed by atoms with Crippen molar-refractivity contribution in [2.75, 3.05) is 19.0 Å². The number of rotatable bonds is 8. The number of carbonyl (C=O) groups is 2. The summed E-state index contributed by atoms with van der Waals surface area (Å²) in [5, 5.41) is 12.9. The zero-order valence-corrected chi connectivity index (χ0v) is 19.0. The Hall–Kier alpha value is -3.31. The van der Waals surface area contributed by atoms with E-state index in [9.17, 15) is 14.9 Å². The normalized spacial score (nSPS) is 13.7. The van der Waals surface area contributed by atoms with Gasteiger partial charge < -0.3 is 19.5 Å². The van der Waals surface area contributed by atoms with E-state index >= 15 is 0 Å². The number of nitrogens with one attached hydrogen (secondary N) is 1. The van der Waals surface area contributed by atoms with Crippen molar-refractivity contribution in [1.29, 1.82) is 5.26 Å². The lowest BCUT2D eigenvalue weighted by atomic mass is 10.1. The van der Waals surface area contributed by atoms with Crippen molar-refractivity contribution >= 4 is 28.2 Å². The SMILES string of the molecule is C=CCOc1ccc(C(=O)OC(C)C(=O)Nc2sc3c(c2C#N)CCCCC3)cc1OC. The van der Waals surface area contributed by atoms with Crippen LogP contribution in [0.15, 0.2) is 30.9 Å². The largest absolute Gasteiger partial charge is 0.493 e. The van der Waals surface area contributed by atoms with Crippen LogP contribution in [-0.4, -0.2) is 31.7 Å². The van der Waals surface area contributed by atoms with Gasteiger partial charge in [0.2, 0.25) is 0 Å². The van der Waals surface area contributed by atoms with Gasteiger partial charge in [0.1, 0.15) is 17.7 Å². The number of nitrogens with zero attached hydrogens (tertiary/aromatic N) is 1. The maximum absolute atomic E-state index is 12.7. The van der Waals surface area contributed by atoms with Crippen LogP contribution in [-0.2, 0) is 22.4 Å². The molecule has 1 aromatic carbocycles. The number of nitriles is 1. The first-order valence-corrected chi connectivity index (χ1v) is 11.3. The Balaban J connectivity index is 1.68. The molecule has 1 aliphatic rings. The number of benzene rings is 1. The molecule has 2 aromatic rings. The number of thiophene rings is 1. The minimum atomic E-state index is -1.04. The van der Waals surface area contributed by atoms with Crippen molar-refractivity contribution in [3.05, 3.63) is 52.4 Å². The monoisotopic (exact) mass is 454 g/mol. The summed E-state index contributed by atoms with van der Waals surface area (Å²) in [7, 11) is 1.47. The second kappa shape index (κ2) is 10.8. The molecule has 8 heteroatoms. The predicted molar refractivity (Wildman–Crippen MR) is 122 cm³/mol. The molecular weight excluding hydrogens is 428 g/mol. The van der Waals surface area contributed by atoms with E-state index in [0.717, 1.165) is 42.5 Å².